The Morgan fingerprint density at radius 1 is 1.14 bits per heavy atom. The Hall–Kier alpha value is -3.23. The van der Waals surface area contributed by atoms with Crippen LogP contribution in [0.4, 0.5) is 5.69 Å². The summed E-state index contributed by atoms with van der Waals surface area (Å²) in [6, 6.07) is 14.1. The topological polar surface area (TPSA) is 91.3 Å². The standard InChI is InChI=1S/C28H34N6O2/c1-17-13-19(11-12-20(17)25-21-7-3-4-8-22(21)27(35)31-30-25)29-28(36)26-23-9-5-6-10-24(23)34(32-26)16-18-14-33(2)15-18/h5-6,9-13,18,21-22,25,30H,3-4,7-8,14-16H2,1-2H3,(H,29,36)(H,31,35). The smallest absolute Gasteiger partial charge is 0.276 e. The summed E-state index contributed by atoms with van der Waals surface area (Å²) in [5.74, 6) is 0.864. The van der Waals surface area contributed by atoms with Gasteiger partial charge >= 0.3 is 0 Å². The summed E-state index contributed by atoms with van der Waals surface area (Å²) >= 11 is 0. The number of hydrogen-bond acceptors (Lipinski definition) is 5. The summed E-state index contributed by atoms with van der Waals surface area (Å²) in [6.45, 7) is 5.00. The van der Waals surface area contributed by atoms with Gasteiger partial charge < -0.3 is 10.2 Å². The van der Waals surface area contributed by atoms with Gasteiger partial charge in [-0.2, -0.15) is 5.10 Å². The van der Waals surface area contributed by atoms with Gasteiger partial charge in [0, 0.05) is 42.5 Å². The molecule has 1 aliphatic carbocycles. The van der Waals surface area contributed by atoms with Crippen molar-refractivity contribution in [3.05, 3.63) is 59.3 Å². The molecule has 0 spiro atoms. The number of rotatable bonds is 5. The molecule has 3 fully saturated rings. The van der Waals surface area contributed by atoms with Gasteiger partial charge in [-0.15, -0.1) is 0 Å². The molecular weight excluding hydrogens is 452 g/mol. The van der Waals surface area contributed by atoms with Crippen molar-refractivity contribution in [2.75, 3.05) is 25.5 Å². The number of nitrogens with zero attached hydrogens (tertiary/aromatic N) is 3. The Labute approximate surface area is 211 Å². The van der Waals surface area contributed by atoms with E-state index in [1.54, 1.807) is 0 Å². The van der Waals surface area contributed by atoms with E-state index in [4.69, 9.17) is 5.10 Å². The number of carbonyl (C=O) groups excluding carboxylic acids is 2. The van der Waals surface area contributed by atoms with E-state index >= 15 is 0 Å². The van der Waals surface area contributed by atoms with Gasteiger partial charge in [-0.25, -0.2) is 5.43 Å². The molecule has 1 saturated carbocycles. The summed E-state index contributed by atoms with van der Waals surface area (Å²) in [7, 11) is 2.12. The van der Waals surface area contributed by atoms with E-state index in [1.807, 2.05) is 41.1 Å². The number of fused-ring (bicyclic) bond motifs is 2. The number of hydrazine groups is 1. The summed E-state index contributed by atoms with van der Waals surface area (Å²) in [5, 5.41) is 8.68. The second-order valence-corrected chi connectivity index (χ2v) is 10.8. The van der Waals surface area contributed by atoms with Crippen LogP contribution < -0.4 is 16.2 Å². The summed E-state index contributed by atoms with van der Waals surface area (Å²) in [4.78, 5) is 28.0. The van der Waals surface area contributed by atoms with Crippen molar-refractivity contribution >= 4 is 28.4 Å². The Balaban J connectivity index is 1.21. The van der Waals surface area contributed by atoms with E-state index < -0.39 is 0 Å². The van der Waals surface area contributed by atoms with Crippen LogP contribution in [0.15, 0.2) is 42.5 Å². The molecule has 0 radical (unpaired) electrons. The fourth-order valence-electron chi connectivity index (χ4n) is 6.46. The Morgan fingerprint density at radius 3 is 2.75 bits per heavy atom. The molecule has 3 N–H and O–H groups in total. The van der Waals surface area contributed by atoms with Crippen molar-refractivity contribution < 1.29 is 9.59 Å². The highest BCUT2D eigenvalue weighted by atomic mass is 16.2. The van der Waals surface area contributed by atoms with Gasteiger partial charge in [-0.05, 0) is 62.1 Å². The van der Waals surface area contributed by atoms with Gasteiger partial charge in [0.25, 0.3) is 5.91 Å². The van der Waals surface area contributed by atoms with E-state index in [-0.39, 0.29) is 23.8 Å². The van der Waals surface area contributed by atoms with Gasteiger partial charge in [0.2, 0.25) is 5.91 Å². The number of carbonyl (C=O) groups is 2. The predicted molar refractivity (Wildman–Crippen MR) is 139 cm³/mol. The summed E-state index contributed by atoms with van der Waals surface area (Å²) < 4.78 is 1.99. The predicted octanol–water partition coefficient (Wildman–Crippen LogP) is 3.64. The second kappa shape index (κ2) is 9.33. The van der Waals surface area contributed by atoms with Gasteiger partial charge in [-0.3, -0.25) is 19.7 Å². The molecule has 2 aromatic carbocycles. The van der Waals surface area contributed by atoms with Crippen LogP contribution in [0.1, 0.15) is 53.3 Å². The van der Waals surface area contributed by atoms with Crippen LogP contribution in [0.25, 0.3) is 10.9 Å². The molecular formula is C28H34N6O2. The highest BCUT2D eigenvalue weighted by Crippen LogP contribution is 2.41. The first-order valence-corrected chi connectivity index (χ1v) is 13.1. The van der Waals surface area contributed by atoms with Crippen LogP contribution in [0.2, 0.25) is 0 Å². The average Bonchev–Trinajstić information content (AvgIpc) is 3.23. The quantitative estimate of drug-likeness (QED) is 0.512. The molecule has 3 aliphatic rings. The van der Waals surface area contributed by atoms with Gasteiger partial charge in [0.05, 0.1) is 11.6 Å². The minimum absolute atomic E-state index is 0.0764. The zero-order chi connectivity index (χ0) is 24.8. The zero-order valence-electron chi connectivity index (χ0n) is 21.0. The summed E-state index contributed by atoms with van der Waals surface area (Å²) in [5.41, 5.74) is 10.6. The number of nitrogens with one attached hydrogen (secondary N) is 3. The minimum atomic E-state index is -0.196. The lowest BCUT2D eigenvalue weighted by Gasteiger charge is -2.41. The van der Waals surface area contributed by atoms with Crippen LogP contribution in [0.5, 0.6) is 0 Å². The normalized spacial score (nSPS) is 24.7. The first-order chi connectivity index (χ1) is 17.5. The molecule has 36 heavy (non-hydrogen) atoms. The number of aryl methyl sites for hydroxylation is 1. The maximum Gasteiger partial charge on any atom is 0.276 e. The number of anilines is 1. The zero-order valence-corrected chi connectivity index (χ0v) is 21.0. The molecule has 1 aromatic heterocycles. The van der Waals surface area contributed by atoms with E-state index in [0.29, 0.717) is 17.5 Å². The first-order valence-electron chi connectivity index (χ1n) is 13.1. The Morgan fingerprint density at radius 2 is 1.94 bits per heavy atom. The van der Waals surface area contributed by atoms with Crippen LogP contribution in [0.3, 0.4) is 0 Å². The highest BCUT2D eigenvalue weighted by Gasteiger charge is 2.41. The van der Waals surface area contributed by atoms with Crippen molar-refractivity contribution in [1.29, 1.82) is 0 Å². The van der Waals surface area contributed by atoms with E-state index in [1.165, 1.54) is 5.56 Å². The third kappa shape index (κ3) is 4.18. The largest absolute Gasteiger partial charge is 0.321 e. The molecule has 3 heterocycles. The number of hydrogen-bond donors (Lipinski definition) is 3. The number of aromatic nitrogens is 2. The molecule has 0 bridgehead atoms. The molecule has 3 atom stereocenters. The molecule has 8 heteroatoms. The van der Waals surface area contributed by atoms with Crippen molar-refractivity contribution in [2.45, 2.75) is 45.2 Å². The molecule has 2 aliphatic heterocycles. The number of benzene rings is 2. The van der Waals surface area contributed by atoms with Crippen LogP contribution in [-0.2, 0) is 11.3 Å². The number of likely N-dealkylation sites (tertiary alicyclic amines) is 1. The fourth-order valence-corrected chi connectivity index (χ4v) is 6.46. The molecule has 3 aromatic rings. The van der Waals surface area contributed by atoms with Crippen molar-refractivity contribution in [2.24, 2.45) is 17.8 Å². The van der Waals surface area contributed by atoms with Crippen molar-refractivity contribution in [3.63, 3.8) is 0 Å². The first kappa shape index (κ1) is 23.2. The maximum atomic E-state index is 13.3. The van der Waals surface area contributed by atoms with Crippen molar-refractivity contribution in [1.82, 2.24) is 25.5 Å². The lowest BCUT2D eigenvalue weighted by Crippen LogP contribution is -2.55. The third-order valence-electron chi connectivity index (χ3n) is 8.24. The van der Waals surface area contributed by atoms with Gasteiger partial charge in [0.1, 0.15) is 0 Å². The lowest BCUT2D eigenvalue weighted by atomic mass is 9.71. The summed E-state index contributed by atoms with van der Waals surface area (Å²) in [6.07, 6.45) is 4.30. The van der Waals surface area contributed by atoms with E-state index in [0.717, 1.165) is 67.5 Å². The Bertz CT molecular complexity index is 1310. The molecule has 188 valence electrons. The monoisotopic (exact) mass is 486 g/mol. The SMILES string of the molecule is Cc1cc(NC(=O)c2nn(CC3CN(C)C3)c3ccccc23)ccc1C1NNC(=O)C2CCCCC21. The highest BCUT2D eigenvalue weighted by molar-refractivity contribution is 6.11. The lowest BCUT2D eigenvalue weighted by molar-refractivity contribution is -0.133. The van der Waals surface area contributed by atoms with Crippen LogP contribution in [-0.4, -0.2) is 46.6 Å². The number of amides is 2. The van der Waals surface area contributed by atoms with Gasteiger partial charge in [0.15, 0.2) is 5.69 Å². The van der Waals surface area contributed by atoms with Crippen LogP contribution >= 0.6 is 0 Å². The fraction of sp³-hybridized carbons (Fsp3) is 0.464. The molecule has 6 rings (SSSR count). The average molecular weight is 487 g/mol. The number of para-hydroxylation sites is 1. The van der Waals surface area contributed by atoms with E-state index in [2.05, 4.69) is 41.1 Å². The van der Waals surface area contributed by atoms with Crippen LogP contribution in [0, 0.1) is 24.7 Å². The van der Waals surface area contributed by atoms with Gasteiger partial charge in [-0.1, -0.05) is 37.1 Å². The second-order valence-electron chi connectivity index (χ2n) is 10.8. The van der Waals surface area contributed by atoms with E-state index in [9.17, 15) is 9.59 Å². The minimum Gasteiger partial charge on any atom is -0.321 e. The van der Waals surface area contributed by atoms with Crippen molar-refractivity contribution in [3.8, 4) is 0 Å². The Kier molecular flexibility index (Phi) is 6.01. The molecule has 2 amide bonds. The molecule has 2 saturated heterocycles. The molecule has 8 nitrogen and oxygen atoms in total. The molecule has 3 unspecified atom stereocenters. The maximum absolute atomic E-state index is 13.3. The third-order valence-corrected chi connectivity index (χ3v) is 8.24.